The van der Waals surface area contributed by atoms with Crippen LogP contribution in [0.5, 0.6) is 0 Å². The number of halogens is 3. The van der Waals surface area contributed by atoms with Crippen LogP contribution in [-0.2, 0) is 22.2 Å². The maximum atomic E-state index is 13.1. The molecule has 0 aromatic heterocycles. The molecule has 1 aliphatic carbocycles. The van der Waals surface area contributed by atoms with Crippen molar-refractivity contribution >= 4 is 11.9 Å². The fourth-order valence-corrected chi connectivity index (χ4v) is 3.96. The fourth-order valence-electron chi connectivity index (χ4n) is 3.96. The van der Waals surface area contributed by atoms with Crippen LogP contribution in [0.1, 0.15) is 28.2 Å². The fraction of sp³-hybridized carbons (Fsp3) is 0.167. The Morgan fingerprint density at radius 2 is 1.39 bits per heavy atom. The molecular weight excluding hydrogens is 407 g/mol. The highest BCUT2D eigenvalue weighted by Gasteiger charge is 2.35. The summed E-state index contributed by atoms with van der Waals surface area (Å²) in [4.78, 5) is 24.9. The number of amides is 1. The summed E-state index contributed by atoms with van der Waals surface area (Å²) in [7, 11) is 0. The molecule has 3 aromatic carbocycles. The van der Waals surface area contributed by atoms with Gasteiger partial charge in [0.2, 0.25) is 5.91 Å². The van der Waals surface area contributed by atoms with Gasteiger partial charge in [-0.1, -0.05) is 60.7 Å². The van der Waals surface area contributed by atoms with Crippen LogP contribution in [0.15, 0.2) is 72.8 Å². The largest absolute Gasteiger partial charge is 0.480 e. The molecule has 1 amide bonds. The zero-order valence-electron chi connectivity index (χ0n) is 16.2. The number of hydrogen-bond acceptors (Lipinski definition) is 2. The molecule has 4 rings (SSSR count). The van der Waals surface area contributed by atoms with Gasteiger partial charge < -0.3 is 10.4 Å². The second-order valence-electron chi connectivity index (χ2n) is 7.41. The van der Waals surface area contributed by atoms with Crippen LogP contribution in [0.3, 0.4) is 0 Å². The molecule has 0 spiro atoms. The maximum Gasteiger partial charge on any atom is 0.416 e. The summed E-state index contributed by atoms with van der Waals surface area (Å²) < 4.78 is 38.2. The first-order valence-corrected chi connectivity index (χ1v) is 9.63. The van der Waals surface area contributed by atoms with Crippen LogP contribution >= 0.6 is 0 Å². The molecular formula is C24H18F3NO3. The summed E-state index contributed by atoms with van der Waals surface area (Å²) in [6.45, 7) is 0. The molecule has 3 aromatic rings. The van der Waals surface area contributed by atoms with Crippen LogP contribution in [0, 0.1) is 0 Å². The summed E-state index contributed by atoms with van der Waals surface area (Å²) in [5.74, 6) is -2.37. The zero-order chi connectivity index (χ0) is 22.2. The van der Waals surface area contributed by atoms with Crippen molar-refractivity contribution in [2.24, 2.45) is 0 Å². The number of benzene rings is 3. The minimum Gasteiger partial charge on any atom is -0.480 e. The Labute approximate surface area is 176 Å². The third kappa shape index (κ3) is 4.03. The second-order valence-corrected chi connectivity index (χ2v) is 7.41. The minimum atomic E-state index is -4.47. The molecule has 0 aliphatic heterocycles. The molecule has 7 heteroatoms. The van der Waals surface area contributed by atoms with Gasteiger partial charge in [-0.3, -0.25) is 4.79 Å². The van der Waals surface area contributed by atoms with Gasteiger partial charge >= 0.3 is 12.1 Å². The predicted molar refractivity (Wildman–Crippen MR) is 108 cm³/mol. The number of alkyl halides is 3. The molecule has 1 atom stereocenters. The molecule has 0 heterocycles. The molecule has 158 valence electrons. The summed E-state index contributed by atoms with van der Waals surface area (Å²) in [5.41, 5.74) is 3.00. The molecule has 1 aliphatic rings. The first kappa shape index (κ1) is 20.7. The molecule has 4 nitrogen and oxygen atoms in total. The summed E-state index contributed by atoms with van der Waals surface area (Å²) in [5, 5.41) is 12.2. The van der Waals surface area contributed by atoms with Crippen LogP contribution in [-0.4, -0.2) is 23.0 Å². The lowest BCUT2D eigenvalue weighted by molar-refractivity contribution is -0.142. The lowest BCUT2D eigenvalue weighted by Gasteiger charge is -2.19. The normalized spacial score (nSPS) is 13.9. The standard InChI is InChI=1S/C24H18F3NO3/c25-24(26,27)15-11-9-14(10-12-15)13-20(23(30)31)28-22(29)21-18-7-3-1-5-16(18)17-6-2-4-8-19(17)21/h1-12,20-21H,13H2,(H,28,29)(H,30,31)/t20-/m0/s1. The van der Waals surface area contributed by atoms with Crippen molar-refractivity contribution in [1.82, 2.24) is 5.32 Å². The van der Waals surface area contributed by atoms with E-state index >= 15 is 0 Å². The second kappa shape index (κ2) is 7.91. The number of hydrogen-bond donors (Lipinski definition) is 2. The molecule has 31 heavy (non-hydrogen) atoms. The van der Waals surface area contributed by atoms with Gasteiger partial charge in [0.25, 0.3) is 0 Å². The Hall–Kier alpha value is -3.61. The van der Waals surface area contributed by atoms with Crippen molar-refractivity contribution in [2.45, 2.75) is 24.6 Å². The van der Waals surface area contributed by atoms with E-state index in [1.807, 2.05) is 48.5 Å². The van der Waals surface area contributed by atoms with Gasteiger partial charge in [-0.15, -0.1) is 0 Å². The first-order chi connectivity index (χ1) is 14.8. The first-order valence-electron chi connectivity index (χ1n) is 9.63. The summed E-state index contributed by atoms with van der Waals surface area (Å²) >= 11 is 0. The number of rotatable bonds is 5. The lowest BCUT2D eigenvalue weighted by atomic mass is 9.95. The predicted octanol–water partition coefficient (Wildman–Crippen LogP) is 4.63. The number of carbonyl (C=O) groups excluding carboxylic acids is 1. The Balaban J connectivity index is 1.57. The Morgan fingerprint density at radius 3 is 1.87 bits per heavy atom. The topological polar surface area (TPSA) is 66.4 Å². The van der Waals surface area contributed by atoms with Crippen molar-refractivity contribution in [2.75, 3.05) is 0 Å². The van der Waals surface area contributed by atoms with Gasteiger partial charge in [-0.05, 0) is 39.9 Å². The number of carbonyl (C=O) groups is 2. The number of fused-ring (bicyclic) bond motifs is 3. The van der Waals surface area contributed by atoms with Gasteiger partial charge in [-0.2, -0.15) is 13.2 Å². The molecule has 0 radical (unpaired) electrons. The molecule has 0 bridgehead atoms. The molecule has 0 saturated carbocycles. The SMILES string of the molecule is O=C(N[C@@H](Cc1ccc(C(F)(F)F)cc1)C(=O)O)C1c2ccccc2-c2ccccc21. The van der Waals surface area contributed by atoms with E-state index in [9.17, 15) is 27.9 Å². The van der Waals surface area contributed by atoms with Crippen LogP contribution < -0.4 is 5.32 Å². The molecule has 0 unspecified atom stereocenters. The Morgan fingerprint density at radius 1 is 0.871 bits per heavy atom. The summed E-state index contributed by atoms with van der Waals surface area (Å²) in [6.07, 6.45) is -4.60. The smallest absolute Gasteiger partial charge is 0.416 e. The van der Waals surface area contributed by atoms with Crippen molar-refractivity contribution in [3.63, 3.8) is 0 Å². The number of aliphatic carboxylic acids is 1. The maximum absolute atomic E-state index is 13.1. The zero-order valence-corrected chi connectivity index (χ0v) is 16.2. The summed E-state index contributed by atoms with van der Waals surface area (Å²) in [6, 6.07) is 17.9. The van der Waals surface area contributed by atoms with Crippen LogP contribution in [0.4, 0.5) is 13.2 Å². The van der Waals surface area contributed by atoms with Crippen molar-refractivity contribution in [3.8, 4) is 11.1 Å². The Bertz CT molecular complexity index is 1090. The number of nitrogens with one attached hydrogen (secondary N) is 1. The highest BCUT2D eigenvalue weighted by molar-refractivity contribution is 5.97. The monoisotopic (exact) mass is 425 g/mol. The number of carboxylic acid groups (broad SMARTS) is 1. The van der Waals surface area contributed by atoms with Gasteiger partial charge in [0.15, 0.2) is 0 Å². The van der Waals surface area contributed by atoms with Crippen molar-refractivity contribution in [3.05, 3.63) is 95.1 Å². The Kier molecular flexibility index (Phi) is 5.27. The van der Waals surface area contributed by atoms with Crippen molar-refractivity contribution < 1.29 is 27.9 Å². The van der Waals surface area contributed by atoms with Crippen molar-refractivity contribution in [1.29, 1.82) is 0 Å². The average molecular weight is 425 g/mol. The molecule has 2 N–H and O–H groups in total. The van der Waals surface area contributed by atoms with E-state index in [0.717, 1.165) is 34.4 Å². The van der Waals surface area contributed by atoms with E-state index in [0.29, 0.717) is 5.56 Å². The van der Waals surface area contributed by atoms with Gasteiger partial charge in [-0.25, -0.2) is 4.79 Å². The average Bonchev–Trinajstić information content (AvgIpc) is 3.07. The van der Waals surface area contributed by atoms with E-state index in [4.69, 9.17) is 0 Å². The molecule has 0 fully saturated rings. The lowest BCUT2D eigenvalue weighted by Crippen LogP contribution is -2.44. The highest BCUT2D eigenvalue weighted by Crippen LogP contribution is 2.44. The highest BCUT2D eigenvalue weighted by atomic mass is 19.4. The van der Waals surface area contributed by atoms with E-state index in [-0.39, 0.29) is 6.42 Å². The van der Waals surface area contributed by atoms with Crippen LogP contribution in [0.2, 0.25) is 0 Å². The van der Waals surface area contributed by atoms with E-state index in [1.165, 1.54) is 12.1 Å². The van der Waals surface area contributed by atoms with E-state index in [2.05, 4.69) is 5.32 Å². The number of carboxylic acids is 1. The third-order valence-electron chi connectivity index (χ3n) is 5.43. The van der Waals surface area contributed by atoms with E-state index in [1.54, 1.807) is 0 Å². The van der Waals surface area contributed by atoms with Gasteiger partial charge in [0.1, 0.15) is 6.04 Å². The van der Waals surface area contributed by atoms with E-state index < -0.39 is 35.6 Å². The third-order valence-corrected chi connectivity index (χ3v) is 5.43. The van der Waals surface area contributed by atoms with Gasteiger partial charge in [0.05, 0.1) is 11.5 Å². The molecule has 0 saturated heterocycles. The van der Waals surface area contributed by atoms with Crippen LogP contribution in [0.25, 0.3) is 11.1 Å². The minimum absolute atomic E-state index is 0.130. The quantitative estimate of drug-likeness (QED) is 0.627. The van der Waals surface area contributed by atoms with Gasteiger partial charge in [0, 0.05) is 6.42 Å².